The highest BCUT2D eigenvalue weighted by molar-refractivity contribution is 5.99. The van der Waals surface area contributed by atoms with E-state index in [9.17, 15) is 18.0 Å². The van der Waals surface area contributed by atoms with Gasteiger partial charge in [-0.15, -0.1) is 0 Å². The van der Waals surface area contributed by atoms with E-state index in [0.717, 1.165) is 0 Å². The number of hydrogen-bond acceptors (Lipinski definition) is 3. The standard InChI is InChI=1S/C12H11F3N4O2/c13-12(14,15)7-21-10-3-1-8(2-4-10)18-11(20)19-9-5-16-17-6-9/h1-6H,7H2,(H,16,17)(H2,18,19,20). The highest BCUT2D eigenvalue weighted by Crippen LogP contribution is 2.20. The summed E-state index contributed by atoms with van der Waals surface area (Å²) in [5.74, 6) is 0.0631. The van der Waals surface area contributed by atoms with E-state index in [0.29, 0.717) is 11.4 Å². The monoisotopic (exact) mass is 300 g/mol. The summed E-state index contributed by atoms with van der Waals surface area (Å²) in [5, 5.41) is 11.2. The Labute approximate surface area is 117 Å². The van der Waals surface area contributed by atoms with Crippen molar-refractivity contribution in [2.75, 3.05) is 17.2 Å². The number of nitrogens with zero attached hydrogens (tertiary/aromatic N) is 1. The molecule has 1 aromatic heterocycles. The molecule has 21 heavy (non-hydrogen) atoms. The summed E-state index contributed by atoms with van der Waals surface area (Å²) in [6.45, 7) is -1.36. The molecule has 0 spiro atoms. The second-order valence-electron chi connectivity index (χ2n) is 3.99. The summed E-state index contributed by atoms with van der Waals surface area (Å²) < 4.78 is 40.5. The Bertz CT molecular complexity index is 582. The fourth-order valence-corrected chi connectivity index (χ4v) is 1.41. The number of urea groups is 1. The van der Waals surface area contributed by atoms with E-state index >= 15 is 0 Å². The Morgan fingerprint density at radius 2 is 1.86 bits per heavy atom. The summed E-state index contributed by atoms with van der Waals surface area (Å²) in [6.07, 6.45) is -1.47. The number of alkyl halides is 3. The van der Waals surface area contributed by atoms with Crippen LogP contribution in [0.1, 0.15) is 0 Å². The molecule has 0 aliphatic rings. The van der Waals surface area contributed by atoms with Crippen LogP contribution in [0, 0.1) is 0 Å². The molecule has 0 radical (unpaired) electrons. The van der Waals surface area contributed by atoms with Gasteiger partial charge < -0.3 is 15.4 Å². The van der Waals surface area contributed by atoms with Crippen molar-refractivity contribution in [2.24, 2.45) is 0 Å². The van der Waals surface area contributed by atoms with Crippen molar-refractivity contribution < 1.29 is 22.7 Å². The van der Waals surface area contributed by atoms with Gasteiger partial charge in [-0.05, 0) is 24.3 Å². The predicted octanol–water partition coefficient (Wildman–Crippen LogP) is 2.99. The largest absolute Gasteiger partial charge is 0.484 e. The van der Waals surface area contributed by atoms with Crippen molar-refractivity contribution in [1.82, 2.24) is 10.2 Å². The lowest BCUT2D eigenvalue weighted by Gasteiger charge is -2.10. The molecule has 9 heteroatoms. The minimum absolute atomic E-state index is 0.0631. The average molecular weight is 300 g/mol. The number of hydrogen-bond donors (Lipinski definition) is 3. The van der Waals surface area contributed by atoms with Crippen LogP contribution in [0.4, 0.5) is 29.3 Å². The number of benzene rings is 1. The number of carbonyl (C=O) groups is 1. The normalized spacial score (nSPS) is 11.0. The Morgan fingerprint density at radius 1 is 1.19 bits per heavy atom. The van der Waals surface area contributed by atoms with Crippen molar-refractivity contribution in [3.63, 3.8) is 0 Å². The van der Waals surface area contributed by atoms with Crippen molar-refractivity contribution in [3.05, 3.63) is 36.7 Å². The molecule has 0 unspecified atom stereocenters. The lowest BCUT2D eigenvalue weighted by atomic mass is 10.3. The van der Waals surface area contributed by atoms with Crippen LogP contribution in [0.5, 0.6) is 5.75 Å². The van der Waals surface area contributed by atoms with Crippen LogP contribution < -0.4 is 15.4 Å². The van der Waals surface area contributed by atoms with Crippen LogP contribution in [-0.2, 0) is 0 Å². The van der Waals surface area contributed by atoms with Crippen molar-refractivity contribution in [3.8, 4) is 5.75 Å². The molecule has 2 aromatic rings. The highest BCUT2D eigenvalue weighted by atomic mass is 19.4. The molecule has 1 aromatic carbocycles. The summed E-state index contributed by atoms with van der Waals surface area (Å²) in [7, 11) is 0. The SMILES string of the molecule is O=C(Nc1ccc(OCC(F)(F)F)cc1)Nc1cn[nH]c1. The van der Waals surface area contributed by atoms with Crippen molar-refractivity contribution >= 4 is 17.4 Å². The van der Waals surface area contributed by atoms with E-state index < -0.39 is 18.8 Å². The van der Waals surface area contributed by atoms with E-state index in [1.807, 2.05) is 0 Å². The molecule has 3 N–H and O–H groups in total. The highest BCUT2D eigenvalue weighted by Gasteiger charge is 2.28. The number of halogens is 3. The second kappa shape index (κ2) is 6.16. The van der Waals surface area contributed by atoms with Crippen molar-refractivity contribution in [1.29, 1.82) is 0 Å². The topological polar surface area (TPSA) is 79.0 Å². The minimum atomic E-state index is -4.39. The number of amides is 2. The number of anilines is 2. The molecule has 6 nitrogen and oxygen atoms in total. The van der Waals surface area contributed by atoms with Crippen molar-refractivity contribution in [2.45, 2.75) is 6.18 Å². The molecule has 112 valence electrons. The van der Waals surface area contributed by atoms with E-state index in [4.69, 9.17) is 0 Å². The lowest BCUT2D eigenvalue weighted by Crippen LogP contribution is -2.20. The average Bonchev–Trinajstić information content (AvgIpc) is 2.89. The van der Waals surface area contributed by atoms with Gasteiger partial charge in [0.2, 0.25) is 0 Å². The van der Waals surface area contributed by atoms with Crippen LogP contribution in [0.2, 0.25) is 0 Å². The van der Waals surface area contributed by atoms with E-state index in [2.05, 4.69) is 25.6 Å². The van der Waals surface area contributed by atoms with Gasteiger partial charge in [-0.1, -0.05) is 0 Å². The third-order valence-corrected chi connectivity index (χ3v) is 2.27. The Balaban J connectivity index is 1.86. The van der Waals surface area contributed by atoms with E-state index in [1.165, 1.54) is 36.7 Å². The molecule has 0 atom stereocenters. The van der Waals surface area contributed by atoms with Gasteiger partial charge in [0.25, 0.3) is 0 Å². The van der Waals surface area contributed by atoms with E-state index in [-0.39, 0.29) is 5.75 Å². The van der Waals surface area contributed by atoms with Gasteiger partial charge in [0, 0.05) is 11.9 Å². The summed E-state index contributed by atoms with van der Waals surface area (Å²) in [4.78, 5) is 11.6. The van der Waals surface area contributed by atoms with Crippen LogP contribution in [0.15, 0.2) is 36.7 Å². The third kappa shape index (κ3) is 5.05. The summed E-state index contributed by atoms with van der Waals surface area (Å²) in [5.41, 5.74) is 0.896. The maximum Gasteiger partial charge on any atom is 0.422 e. The van der Waals surface area contributed by atoms with Gasteiger partial charge in [-0.3, -0.25) is 5.10 Å². The number of rotatable bonds is 4. The fourth-order valence-electron chi connectivity index (χ4n) is 1.41. The Hall–Kier alpha value is -2.71. The molecule has 0 fully saturated rings. The molecule has 2 rings (SSSR count). The number of H-pyrrole nitrogens is 1. The summed E-state index contributed by atoms with van der Waals surface area (Å²) >= 11 is 0. The molecule has 0 bridgehead atoms. The molecule has 0 aliphatic heterocycles. The van der Waals surface area contributed by atoms with Gasteiger partial charge in [0.15, 0.2) is 6.61 Å². The van der Waals surface area contributed by atoms with Crippen LogP contribution in [0.25, 0.3) is 0 Å². The van der Waals surface area contributed by atoms with Crippen LogP contribution >= 0.6 is 0 Å². The first-order valence-electron chi connectivity index (χ1n) is 5.79. The predicted molar refractivity (Wildman–Crippen MR) is 69.2 cm³/mol. The second-order valence-corrected chi connectivity index (χ2v) is 3.99. The van der Waals surface area contributed by atoms with Crippen LogP contribution in [0.3, 0.4) is 0 Å². The smallest absolute Gasteiger partial charge is 0.422 e. The summed E-state index contributed by atoms with van der Waals surface area (Å²) in [6, 6.07) is 5.03. The first-order valence-corrected chi connectivity index (χ1v) is 5.79. The molecule has 1 heterocycles. The first kappa shape index (κ1) is 14.7. The number of aromatic nitrogens is 2. The van der Waals surface area contributed by atoms with E-state index in [1.54, 1.807) is 0 Å². The van der Waals surface area contributed by atoms with Gasteiger partial charge >= 0.3 is 12.2 Å². The number of aromatic amines is 1. The zero-order chi connectivity index (χ0) is 15.3. The molecular weight excluding hydrogens is 289 g/mol. The fraction of sp³-hybridized carbons (Fsp3) is 0.167. The van der Waals surface area contributed by atoms with Gasteiger partial charge in [-0.25, -0.2) is 4.79 Å². The Morgan fingerprint density at radius 3 is 2.43 bits per heavy atom. The number of ether oxygens (including phenoxy) is 1. The number of carbonyl (C=O) groups excluding carboxylic acids is 1. The van der Waals surface area contributed by atoms with Gasteiger partial charge in [-0.2, -0.15) is 18.3 Å². The lowest BCUT2D eigenvalue weighted by molar-refractivity contribution is -0.153. The maximum atomic E-state index is 12.0. The van der Waals surface area contributed by atoms with Gasteiger partial charge in [0.1, 0.15) is 5.75 Å². The quantitative estimate of drug-likeness (QED) is 0.812. The zero-order valence-corrected chi connectivity index (χ0v) is 10.6. The van der Waals surface area contributed by atoms with Gasteiger partial charge in [0.05, 0.1) is 11.9 Å². The maximum absolute atomic E-state index is 12.0. The Kier molecular flexibility index (Phi) is 4.31. The molecule has 0 saturated carbocycles. The molecule has 0 aliphatic carbocycles. The molecular formula is C12H11F3N4O2. The minimum Gasteiger partial charge on any atom is -0.484 e. The zero-order valence-electron chi connectivity index (χ0n) is 10.6. The molecule has 0 saturated heterocycles. The first-order chi connectivity index (χ1) is 9.92. The van der Waals surface area contributed by atoms with Crippen LogP contribution in [-0.4, -0.2) is 29.0 Å². The third-order valence-electron chi connectivity index (χ3n) is 2.27. The molecule has 2 amide bonds. The number of nitrogens with one attached hydrogen (secondary N) is 3.